The van der Waals surface area contributed by atoms with Crippen LogP contribution >= 0.6 is 0 Å². The lowest BCUT2D eigenvalue weighted by molar-refractivity contribution is 0.0848. The van der Waals surface area contributed by atoms with Crippen molar-refractivity contribution in [3.05, 3.63) is 77.9 Å². The van der Waals surface area contributed by atoms with Crippen molar-refractivity contribution in [2.75, 3.05) is 13.7 Å². The van der Waals surface area contributed by atoms with Gasteiger partial charge in [0.2, 0.25) is 5.89 Å². The van der Waals surface area contributed by atoms with Crippen LogP contribution in [0.4, 0.5) is 4.39 Å². The second-order valence-electron chi connectivity index (χ2n) is 8.05. The molecule has 0 aliphatic carbocycles. The first-order valence-corrected chi connectivity index (χ1v) is 10.6. The van der Waals surface area contributed by atoms with Crippen LogP contribution in [0.5, 0.6) is 0 Å². The summed E-state index contributed by atoms with van der Waals surface area (Å²) in [4.78, 5) is 16.9. The Labute approximate surface area is 194 Å². The van der Waals surface area contributed by atoms with Gasteiger partial charge in [-0.3, -0.25) is 4.79 Å². The second kappa shape index (κ2) is 8.64. The fraction of sp³-hybridized carbons (Fsp3) is 0.154. The summed E-state index contributed by atoms with van der Waals surface area (Å²) >= 11 is 0. The molecule has 0 fully saturated rings. The van der Waals surface area contributed by atoms with E-state index in [0.717, 1.165) is 22.3 Å². The molecule has 2 aromatic heterocycles. The van der Waals surface area contributed by atoms with Gasteiger partial charge in [0.25, 0.3) is 0 Å². The summed E-state index contributed by atoms with van der Waals surface area (Å²) in [5.41, 5.74) is 5.61. The normalized spacial score (nSPS) is 11.3. The summed E-state index contributed by atoms with van der Waals surface area (Å²) in [5, 5.41) is 8.07. The van der Waals surface area contributed by atoms with Crippen molar-refractivity contribution in [3.63, 3.8) is 0 Å². The number of oxazole rings is 1. The lowest BCUT2D eigenvalue weighted by Crippen LogP contribution is -2.07. The van der Waals surface area contributed by atoms with E-state index in [9.17, 15) is 9.18 Å². The molecule has 0 unspecified atom stereocenters. The SMILES string of the molecule is COCC(=O)c1cc(C)c2oc(-c3cccc(-c4ccc(F)cc4-c4nncn4C)c3)nc2c1. The Morgan fingerprint density at radius 2 is 1.91 bits per heavy atom. The molecule has 170 valence electrons. The number of benzene rings is 3. The number of aryl methyl sites for hydroxylation is 2. The monoisotopic (exact) mass is 456 g/mol. The summed E-state index contributed by atoms with van der Waals surface area (Å²) in [7, 11) is 3.30. The Hall–Kier alpha value is -4.17. The van der Waals surface area contributed by atoms with E-state index < -0.39 is 0 Å². The number of hydrogen-bond donors (Lipinski definition) is 0. The number of aromatic nitrogens is 4. The van der Waals surface area contributed by atoms with Crippen LogP contribution in [0.1, 0.15) is 15.9 Å². The highest BCUT2D eigenvalue weighted by Crippen LogP contribution is 2.35. The van der Waals surface area contributed by atoms with Crippen LogP contribution in [-0.2, 0) is 11.8 Å². The first-order valence-electron chi connectivity index (χ1n) is 10.6. The number of carbonyl (C=O) groups excluding carboxylic acids is 1. The van der Waals surface area contributed by atoms with E-state index in [2.05, 4.69) is 15.2 Å². The molecule has 0 bridgehead atoms. The van der Waals surface area contributed by atoms with E-state index in [4.69, 9.17) is 9.15 Å². The van der Waals surface area contributed by atoms with Crippen molar-refractivity contribution in [1.29, 1.82) is 0 Å². The van der Waals surface area contributed by atoms with Crippen LogP contribution in [0.3, 0.4) is 0 Å². The van der Waals surface area contributed by atoms with Crippen molar-refractivity contribution in [1.82, 2.24) is 19.7 Å². The summed E-state index contributed by atoms with van der Waals surface area (Å²) in [6.07, 6.45) is 1.58. The minimum absolute atomic E-state index is 0.00320. The first-order chi connectivity index (χ1) is 16.4. The zero-order valence-corrected chi connectivity index (χ0v) is 18.9. The summed E-state index contributed by atoms with van der Waals surface area (Å²) < 4.78 is 26.9. The van der Waals surface area contributed by atoms with Gasteiger partial charge in [-0.15, -0.1) is 10.2 Å². The maximum atomic E-state index is 14.1. The molecule has 8 heteroatoms. The van der Waals surface area contributed by atoms with Gasteiger partial charge >= 0.3 is 0 Å². The number of ketones is 1. The number of methoxy groups -OCH3 is 1. The fourth-order valence-corrected chi connectivity index (χ4v) is 4.00. The molecule has 0 saturated heterocycles. The average Bonchev–Trinajstić information content (AvgIpc) is 3.46. The third kappa shape index (κ3) is 3.88. The van der Waals surface area contributed by atoms with Gasteiger partial charge in [0.05, 0.1) is 0 Å². The zero-order chi connectivity index (χ0) is 23.8. The highest BCUT2D eigenvalue weighted by molar-refractivity contribution is 6.00. The van der Waals surface area contributed by atoms with Crippen LogP contribution in [0.25, 0.3) is 45.1 Å². The maximum Gasteiger partial charge on any atom is 0.227 e. The van der Waals surface area contributed by atoms with Gasteiger partial charge in [0, 0.05) is 30.8 Å². The molecule has 34 heavy (non-hydrogen) atoms. The van der Waals surface area contributed by atoms with Gasteiger partial charge < -0.3 is 13.7 Å². The van der Waals surface area contributed by atoms with Crippen LogP contribution in [0.2, 0.25) is 0 Å². The number of halogens is 1. The molecule has 0 N–H and O–H groups in total. The highest BCUT2D eigenvalue weighted by Gasteiger charge is 2.17. The van der Waals surface area contributed by atoms with Crippen LogP contribution < -0.4 is 0 Å². The predicted molar refractivity (Wildman–Crippen MR) is 126 cm³/mol. The Morgan fingerprint density at radius 1 is 1.09 bits per heavy atom. The molecule has 0 radical (unpaired) electrons. The summed E-state index contributed by atoms with van der Waals surface area (Å²) in [6, 6.07) is 15.7. The Bertz CT molecular complexity index is 1540. The number of ether oxygens (including phenoxy) is 1. The van der Waals surface area contributed by atoms with Gasteiger partial charge in [0.1, 0.15) is 24.3 Å². The smallest absolute Gasteiger partial charge is 0.227 e. The molecule has 2 heterocycles. The highest BCUT2D eigenvalue weighted by atomic mass is 19.1. The maximum absolute atomic E-state index is 14.1. The molecule has 0 saturated carbocycles. The average molecular weight is 456 g/mol. The lowest BCUT2D eigenvalue weighted by Gasteiger charge is -2.10. The molecule has 5 aromatic rings. The van der Waals surface area contributed by atoms with Gasteiger partial charge in [0.15, 0.2) is 17.2 Å². The largest absolute Gasteiger partial charge is 0.436 e. The Morgan fingerprint density at radius 3 is 2.68 bits per heavy atom. The van der Waals surface area contributed by atoms with Crippen molar-refractivity contribution < 1.29 is 18.3 Å². The predicted octanol–water partition coefficient (Wildman–Crippen LogP) is 5.23. The van der Waals surface area contributed by atoms with Crippen LogP contribution in [-0.4, -0.2) is 39.2 Å². The van der Waals surface area contributed by atoms with Crippen LogP contribution in [0.15, 0.2) is 65.3 Å². The van der Waals surface area contributed by atoms with E-state index in [1.807, 2.05) is 38.2 Å². The van der Waals surface area contributed by atoms with Crippen molar-refractivity contribution >= 4 is 16.9 Å². The summed E-state index contributed by atoms with van der Waals surface area (Å²) in [6.45, 7) is 1.88. The third-order valence-corrected chi connectivity index (χ3v) is 5.63. The third-order valence-electron chi connectivity index (χ3n) is 5.63. The molecule has 0 aliphatic rings. The van der Waals surface area contributed by atoms with Crippen LogP contribution in [0, 0.1) is 12.7 Å². The molecule has 0 atom stereocenters. The van der Waals surface area contributed by atoms with Gasteiger partial charge in [-0.1, -0.05) is 18.2 Å². The van der Waals surface area contributed by atoms with Crippen molar-refractivity contribution in [2.24, 2.45) is 7.05 Å². The zero-order valence-electron chi connectivity index (χ0n) is 18.9. The van der Waals surface area contributed by atoms with E-state index in [1.54, 1.807) is 29.1 Å². The van der Waals surface area contributed by atoms with Gasteiger partial charge in [-0.2, -0.15) is 0 Å². The molecule has 0 amide bonds. The Balaban J connectivity index is 1.59. The minimum Gasteiger partial charge on any atom is -0.436 e. The lowest BCUT2D eigenvalue weighted by atomic mass is 9.97. The minimum atomic E-state index is -0.355. The molecule has 0 spiro atoms. The molecule has 7 nitrogen and oxygen atoms in total. The molecule has 3 aromatic carbocycles. The van der Waals surface area contributed by atoms with Gasteiger partial charge in [-0.05, 0) is 60.0 Å². The molecular formula is C26H21FN4O3. The molecule has 0 aliphatic heterocycles. The summed E-state index contributed by atoms with van der Waals surface area (Å²) in [5.74, 6) is 0.516. The van der Waals surface area contributed by atoms with Crippen molar-refractivity contribution in [3.8, 4) is 34.0 Å². The first kappa shape index (κ1) is 21.7. The second-order valence-corrected chi connectivity index (χ2v) is 8.05. The fourth-order valence-electron chi connectivity index (χ4n) is 4.00. The van der Waals surface area contributed by atoms with E-state index >= 15 is 0 Å². The van der Waals surface area contributed by atoms with E-state index in [0.29, 0.717) is 33.9 Å². The van der Waals surface area contributed by atoms with Crippen molar-refractivity contribution in [2.45, 2.75) is 6.92 Å². The number of Topliss-reactive ketones (excluding diaryl/α,β-unsaturated/α-hetero) is 1. The number of hydrogen-bond acceptors (Lipinski definition) is 6. The number of carbonyl (C=O) groups is 1. The van der Waals surface area contributed by atoms with E-state index in [1.165, 1.54) is 19.2 Å². The number of rotatable bonds is 6. The standard InChI is InChI=1S/C26H21FN4O3/c1-15-9-18(23(32)13-33-3)11-22-24(15)34-26(29-22)17-6-4-5-16(10-17)20-8-7-19(27)12-21(20)25-30-28-14-31(25)2/h4-12,14H,13H2,1-3H3. The van der Waals surface area contributed by atoms with Gasteiger partial charge in [-0.25, -0.2) is 9.37 Å². The topological polar surface area (TPSA) is 83.0 Å². The molecule has 5 rings (SSSR count). The Kier molecular flexibility index (Phi) is 5.51. The number of fused-ring (bicyclic) bond motifs is 1. The van der Waals surface area contributed by atoms with E-state index in [-0.39, 0.29) is 18.2 Å². The quantitative estimate of drug-likeness (QED) is 0.325. The number of nitrogens with zero attached hydrogens (tertiary/aromatic N) is 4. The molecular weight excluding hydrogens is 435 g/mol.